The monoisotopic (exact) mass is 334 g/mol. The largest absolute Gasteiger partial charge is 0.493 e. The van der Waals surface area contributed by atoms with Crippen molar-refractivity contribution in [3.05, 3.63) is 41.7 Å². The van der Waals surface area contributed by atoms with E-state index in [1.165, 1.54) is 0 Å². The van der Waals surface area contributed by atoms with Gasteiger partial charge in [0.05, 0.1) is 23.7 Å². The number of hydrogen-bond acceptors (Lipinski definition) is 6. The fraction of sp³-hybridized carbons (Fsp3) is 0.333. The van der Waals surface area contributed by atoms with Crippen molar-refractivity contribution in [3.63, 3.8) is 0 Å². The molecule has 1 N–H and O–H groups in total. The Bertz CT molecular complexity index is 821. The molecule has 7 nitrogen and oxygen atoms in total. The van der Waals surface area contributed by atoms with Gasteiger partial charge in [-0.2, -0.15) is 0 Å². The Morgan fingerprint density at radius 2 is 2.13 bits per heavy atom. The van der Waals surface area contributed by atoms with E-state index in [-0.39, 0.29) is 11.4 Å². The van der Waals surface area contributed by atoms with Gasteiger partial charge in [0.25, 0.3) is 0 Å². The number of anilines is 1. The number of sulfonamides is 1. The quantitative estimate of drug-likeness (QED) is 0.877. The van der Waals surface area contributed by atoms with Gasteiger partial charge in [-0.25, -0.2) is 23.1 Å². The van der Waals surface area contributed by atoms with Crippen molar-refractivity contribution in [1.82, 2.24) is 14.7 Å². The van der Waals surface area contributed by atoms with Gasteiger partial charge in [0, 0.05) is 26.7 Å². The number of hydrogen-bond donors (Lipinski definition) is 1. The molecule has 2 heterocycles. The van der Waals surface area contributed by atoms with E-state index >= 15 is 0 Å². The zero-order chi connectivity index (χ0) is 16.4. The van der Waals surface area contributed by atoms with Gasteiger partial charge in [0.2, 0.25) is 16.0 Å². The van der Waals surface area contributed by atoms with Gasteiger partial charge in [-0.3, -0.25) is 0 Å². The number of nitrogens with zero attached hydrogens (tertiary/aromatic N) is 3. The van der Waals surface area contributed by atoms with Gasteiger partial charge < -0.3 is 9.64 Å². The molecule has 0 aliphatic carbocycles. The first-order chi connectivity index (χ1) is 11.0. The summed E-state index contributed by atoms with van der Waals surface area (Å²) in [5.41, 5.74) is 1.53. The Kier molecular flexibility index (Phi) is 4.18. The van der Waals surface area contributed by atoms with E-state index in [4.69, 9.17) is 4.74 Å². The Hall–Kier alpha value is -2.19. The van der Waals surface area contributed by atoms with Crippen molar-refractivity contribution in [2.45, 2.75) is 17.9 Å². The van der Waals surface area contributed by atoms with Crippen molar-refractivity contribution < 1.29 is 13.2 Å². The molecule has 0 spiro atoms. The molecule has 23 heavy (non-hydrogen) atoms. The minimum atomic E-state index is -3.59. The molecule has 0 unspecified atom stereocenters. The predicted molar refractivity (Wildman–Crippen MR) is 86.0 cm³/mol. The lowest BCUT2D eigenvalue weighted by atomic mass is 10.2. The highest BCUT2D eigenvalue weighted by Crippen LogP contribution is 2.27. The normalized spacial score (nSPS) is 13.5. The summed E-state index contributed by atoms with van der Waals surface area (Å²) in [6, 6.07) is 6.60. The SMILES string of the molecule is CN(C)c1nccc(CNS(=O)(=O)c2ccc3c(c2)CCO3)n1. The van der Waals surface area contributed by atoms with Crippen molar-refractivity contribution in [2.24, 2.45) is 0 Å². The number of rotatable bonds is 5. The van der Waals surface area contributed by atoms with Gasteiger partial charge in [0.15, 0.2) is 0 Å². The second kappa shape index (κ2) is 6.13. The van der Waals surface area contributed by atoms with E-state index in [1.54, 1.807) is 35.4 Å². The molecule has 0 radical (unpaired) electrons. The second-order valence-electron chi connectivity index (χ2n) is 5.43. The fourth-order valence-electron chi connectivity index (χ4n) is 2.28. The minimum absolute atomic E-state index is 0.110. The first-order valence-electron chi connectivity index (χ1n) is 7.20. The Morgan fingerprint density at radius 3 is 2.91 bits per heavy atom. The maximum atomic E-state index is 12.4. The van der Waals surface area contributed by atoms with E-state index in [0.717, 1.165) is 17.7 Å². The number of aromatic nitrogens is 2. The van der Waals surface area contributed by atoms with Crippen LogP contribution < -0.4 is 14.4 Å². The van der Waals surface area contributed by atoms with Gasteiger partial charge >= 0.3 is 0 Å². The third-order valence-corrected chi connectivity index (χ3v) is 4.91. The average Bonchev–Trinajstić information content (AvgIpc) is 3.01. The van der Waals surface area contributed by atoms with E-state index in [2.05, 4.69) is 14.7 Å². The van der Waals surface area contributed by atoms with Gasteiger partial charge in [-0.15, -0.1) is 0 Å². The summed E-state index contributed by atoms with van der Waals surface area (Å²) in [5.74, 6) is 1.30. The summed E-state index contributed by atoms with van der Waals surface area (Å²) in [7, 11) is 0.0658. The van der Waals surface area contributed by atoms with Crippen molar-refractivity contribution in [1.29, 1.82) is 0 Å². The summed E-state index contributed by atoms with van der Waals surface area (Å²) in [6.45, 7) is 0.708. The van der Waals surface area contributed by atoms with Crippen molar-refractivity contribution >= 4 is 16.0 Å². The Morgan fingerprint density at radius 1 is 1.30 bits per heavy atom. The van der Waals surface area contributed by atoms with Crippen LogP contribution in [0.1, 0.15) is 11.3 Å². The van der Waals surface area contributed by atoms with Crippen LogP contribution in [-0.2, 0) is 23.0 Å². The summed E-state index contributed by atoms with van der Waals surface area (Å²) in [4.78, 5) is 10.4. The molecule has 0 saturated carbocycles. The van der Waals surface area contributed by atoms with E-state index in [9.17, 15) is 8.42 Å². The van der Waals surface area contributed by atoms with E-state index in [0.29, 0.717) is 18.2 Å². The fourth-order valence-corrected chi connectivity index (χ4v) is 3.33. The number of benzene rings is 1. The molecule has 0 atom stereocenters. The van der Waals surface area contributed by atoms with Gasteiger partial charge in [-0.1, -0.05) is 0 Å². The molecule has 3 rings (SSSR count). The van der Waals surface area contributed by atoms with Crippen LogP contribution in [-0.4, -0.2) is 39.1 Å². The van der Waals surface area contributed by atoms with Crippen LogP contribution in [0.25, 0.3) is 0 Å². The van der Waals surface area contributed by atoms with E-state index in [1.807, 2.05) is 14.1 Å². The van der Waals surface area contributed by atoms with Crippen LogP contribution in [0.3, 0.4) is 0 Å². The molecule has 1 aromatic heterocycles. The number of fused-ring (bicyclic) bond motifs is 1. The maximum Gasteiger partial charge on any atom is 0.240 e. The first kappa shape index (κ1) is 15.7. The highest BCUT2D eigenvalue weighted by molar-refractivity contribution is 7.89. The summed E-state index contributed by atoms with van der Waals surface area (Å²) >= 11 is 0. The van der Waals surface area contributed by atoms with Crippen LogP contribution in [0.15, 0.2) is 35.4 Å². The molecule has 2 aromatic rings. The van der Waals surface area contributed by atoms with Crippen molar-refractivity contribution in [2.75, 3.05) is 25.6 Å². The molecular formula is C15H18N4O3S. The Labute approximate surface area is 135 Å². The van der Waals surface area contributed by atoms with Crippen LogP contribution in [0.5, 0.6) is 5.75 Å². The summed E-state index contributed by atoms with van der Waals surface area (Å²) in [5, 5.41) is 0. The molecule has 0 fully saturated rings. The molecule has 0 saturated heterocycles. The lowest BCUT2D eigenvalue weighted by molar-refractivity contribution is 0.356. The van der Waals surface area contributed by atoms with Crippen LogP contribution in [0.4, 0.5) is 5.95 Å². The van der Waals surface area contributed by atoms with Crippen molar-refractivity contribution in [3.8, 4) is 5.75 Å². The highest BCUT2D eigenvalue weighted by Gasteiger charge is 2.19. The average molecular weight is 334 g/mol. The molecule has 8 heteroatoms. The second-order valence-corrected chi connectivity index (χ2v) is 7.20. The Balaban J connectivity index is 1.75. The van der Waals surface area contributed by atoms with Gasteiger partial charge in [0.1, 0.15) is 5.75 Å². The van der Waals surface area contributed by atoms with Crippen LogP contribution >= 0.6 is 0 Å². The summed E-state index contributed by atoms with van der Waals surface area (Å²) in [6.07, 6.45) is 2.34. The zero-order valence-corrected chi connectivity index (χ0v) is 13.8. The molecule has 122 valence electrons. The molecule has 1 aromatic carbocycles. The van der Waals surface area contributed by atoms with Crippen LogP contribution in [0, 0.1) is 0 Å². The third-order valence-electron chi connectivity index (χ3n) is 3.52. The molecule has 0 bridgehead atoms. The topological polar surface area (TPSA) is 84.4 Å². The number of ether oxygens (including phenoxy) is 1. The maximum absolute atomic E-state index is 12.4. The third kappa shape index (κ3) is 3.43. The predicted octanol–water partition coefficient (Wildman–Crippen LogP) is 0.956. The zero-order valence-electron chi connectivity index (χ0n) is 13.0. The molecule has 1 aliphatic heterocycles. The highest BCUT2D eigenvalue weighted by atomic mass is 32.2. The molecular weight excluding hydrogens is 316 g/mol. The lowest BCUT2D eigenvalue weighted by Crippen LogP contribution is -2.24. The van der Waals surface area contributed by atoms with E-state index < -0.39 is 10.0 Å². The number of nitrogens with one attached hydrogen (secondary N) is 1. The lowest BCUT2D eigenvalue weighted by Gasteiger charge is -2.11. The smallest absolute Gasteiger partial charge is 0.240 e. The first-order valence-corrected chi connectivity index (χ1v) is 8.69. The minimum Gasteiger partial charge on any atom is -0.493 e. The van der Waals surface area contributed by atoms with Crippen LogP contribution in [0.2, 0.25) is 0 Å². The summed E-state index contributed by atoms with van der Waals surface area (Å²) < 4.78 is 32.8. The molecule has 0 amide bonds. The standard InChI is InChI=1S/C15H18N4O3S/c1-19(2)15-16-7-5-12(18-15)10-17-23(20,21)13-3-4-14-11(9-13)6-8-22-14/h3-5,7,9,17H,6,8,10H2,1-2H3. The van der Waals surface area contributed by atoms with Gasteiger partial charge in [-0.05, 0) is 29.8 Å². The molecule has 1 aliphatic rings.